The number of nitrogens with one attached hydrogen (secondary N) is 1. The molecule has 4 heteroatoms. The minimum Gasteiger partial charge on any atom is -0.357 e. The number of fused-ring (bicyclic) bond motifs is 1. The molecule has 0 fully saturated rings. The van der Waals surface area contributed by atoms with Gasteiger partial charge in [0, 0.05) is 11.8 Å². The summed E-state index contributed by atoms with van der Waals surface area (Å²) in [7, 11) is 0. The summed E-state index contributed by atoms with van der Waals surface area (Å²) in [6, 6.07) is 13.6. The topological polar surface area (TPSA) is 65.4 Å². The molecule has 0 aliphatic heterocycles. The number of benzene rings is 1. The van der Waals surface area contributed by atoms with Crippen molar-refractivity contribution in [2.24, 2.45) is 0 Å². The van der Waals surface area contributed by atoms with Crippen molar-refractivity contribution in [2.75, 3.05) is 0 Å². The molecule has 0 unspecified atom stereocenters. The maximum Gasteiger partial charge on any atom is 0.168 e. The van der Waals surface area contributed by atoms with Crippen LogP contribution in [0, 0.1) is 11.3 Å². The van der Waals surface area contributed by atoms with E-state index >= 15 is 0 Å². The van der Waals surface area contributed by atoms with E-state index in [2.05, 4.69) is 21.0 Å². The summed E-state index contributed by atoms with van der Waals surface area (Å²) >= 11 is 0. The van der Waals surface area contributed by atoms with Gasteiger partial charge < -0.3 is 4.98 Å². The van der Waals surface area contributed by atoms with Gasteiger partial charge in [-0.3, -0.25) is 0 Å². The number of nitrogens with zero attached hydrogens (tertiary/aromatic N) is 3. The second-order valence-electron chi connectivity index (χ2n) is 3.61. The molecule has 0 radical (unpaired) electrons. The zero-order chi connectivity index (χ0) is 11.7. The Bertz CT molecular complexity index is 707. The first-order chi connectivity index (χ1) is 8.38. The molecule has 2 aromatic heterocycles. The molecule has 1 aromatic carbocycles. The fraction of sp³-hybridized carbons (Fsp3) is 0. The van der Waals surface area contributed by atoms with E-state index in [4.69, 9.17) is 5.26 Å². The van der Waals surface area contributed by atoms with Crippen molar-refractivity contribution in [1.82, 2.24) is 15.0 Å². The predicted octanol–water partition coefficient (Wildman–Crippen LogP) is 2.50. The van der Waals surface area contributed by atoms with E-state index in [0.29, 0.717) is 17.0 Å². The Hall–Kier alpha value is -2.67. The smallest absolute Gasteiger partial charge is 0.168 e. The Morgan fingerprint density at radius 3 is 2.65 bits per heavy atom. The van der Waals surface area contributed by atoms with Gasteiger partial charge in [-0.1, -0.05) is 30.3 Å². The maximum absolute atomic E-state index is 9.07. The van der Waals surface area contributed by atoms with Gasteiger partial charge >= 0.3 is 0 Å². The molecule has 0 aliphatic rings. The molecule has 3 aromatic rings. The van der Waals surface area contributed by atoms with E-state index in [-0.39, 0.29) is 0 Å². The molecule has 3 rings (SSSR count). The Kier molecular flexibility index (Phi) is 2.09. The highest BCUT2D eigenvalue weighted by molar-refractivity contribution is 5.81. The van der Waals surface area contributed by atoms with Crippen LogP contribution in [0.5, 0.6) is 0 Å². The molecule has 4 nitrogen and oxygen atoms in total. The van der Waals surface area contributed by atoms with Gasteiger partial charge in [0.25, 0.3) is 0 Å². The van der Waals surface area contributed by atoms with Gasteiger partial charge in [0.1, 0.15) is 11.6 Å². The van der Waals surface area contributed by atoms with Crippen molar-refractivity contribution in [1.29, 1.82) is 5.26 Å². The van der Waals surface area contributed by atoms with Crippen LogP contribution in [-0.2, 0) is 0 Å². The number of aromatic nitrogens is 3. The van der Waals surface area contributed by atoms with E-state index in [1.807, 2.05) is 36.4 Å². The second-order valence-corrected chi connectivity index (χ2v) is 3.61. The van der Waals surface area contributed by atoms with E-state index in [1.54, 1.807) is 6.20 Å². The SMILES string of the molecule is N#Cc1nc(-c2ccccc2)nc2cc[nH]c12. The number of hydrogen-bond acceptors (Lipinski definition) is 3. The van der Waals surface area contributed by atoms with E-state index in [1.165, 1.54) is 0 Å². The van der Waals surface area contributed by atoms with Crippen molar-refractivity contribution in [3.8, 4) is 17.5 Å². The van der Waals surface area contributed by atoms with Crippen molar-refractivity contribution >= 4 is 11.0 Å². The van der Waals surface area contributed by atoms with E-state index in [9.17, 15) is 0 Å². The van der Waals surface area contributed by atoms with Crippen molar-refractivity contribution < 1.29 is 0 Å². The molecule has 0 aliphatic carbocycles. The minimum atomic E-state index is 0.374. The predicted molar refractivity (Wildman–Crippen MR) is 64.0 cm³/mol. The lowest BCUT2D eigenvalue weighted by atomic mass is 10.2. The molecule has 80 valence electrons. The molecule has 17 heavy (non-hydrogen) atoms. The van der Waals surface area contributed by atoms with Gasteiger partial charge in [-0.25, -0.2) is 9.97 Å². The van der Waals surface area contributed by atoms with E-state index < -0.39 is 0 Å². The number of H-pyrrole nitrogens is 1. The number of nitriles is 1. The molecule has 0 bridgehead atoms. The van der Waals surface area contributed by atoms with Crippen LogP contribution in [-0.4, -0.2) is 15.0 Å². The summed E-state index contributed by atoms with van der Waals surface area (Å²) in [6.07, 6.45) is 1.76. The van der Waals surface area contributed by atoms with Crippen LogP contribution in [0.15, 0.2) is 42.6 Å². The summed E-state index contributed by atoms with van der Waals surface area (Å²) in [5.74, 6) is 0.578. The Balaban J connectivity index is 2.29. The zero-order valence-corrected chi connectivity index (χ0v) is 8.88. The number of rotatable bonds is 1. The van der Waals surface area contributed by atoms with Gasteiger partial charge in [0.15, 0.2) is 11.5 Å². The fourth-order valence-corrected chi connectivity index (χ4v) is 1.74. The van der Waals surface area contributed by atoms with Gasteiger partial charge in [-0.2, -0.15) is 5.26 Å². The normalized spacial score (nSPS) is 10.3. The summed E-state index contributed by atoms with van der Waals surface area (Å²) in [6.45, 7) is 0. The molecule has 2 heterocycles. The average molecular weight is 220 g/mol. The Morgan fingerprint density at radius 1 is 1.06 bits per heavy atom. The van der Waals surface area contributed by atoms with Gasteiger partial charge in [-0.15, -0.1) is 0 Å². The largest absolute Gasteiger partial charge is 0.357 e. The van der Waals surface area contributed by atoms with Crippen molar-refractivity contribution in [3.05, 3.63) is 48.3 Å². The first kappa shape index (κ1) is 9.55. The minimum absolute atomic E-state index is 0.374. The third-order valence-electron chi connectivity index (χ3n) is 2.54. The second kappa shape index (κ2) is 3.72. The molecule has 0 spiro atoms. The standard InChI is InChI=1S/C13H8N4/c14-8-11-12-10(6-7-15-12)16-13(17-11)9-4-2-1-3-5-9/h1-7,15H. The average Bonchev–Trinajstić information content (AvgIpc) is 2.86. The number of hydrogen-bond donors (Lipinski definition) is 1. The van der Waals surface area contributed by atoms with Crippen molar-refractivity contribution in [3.63, 3.8) is 0 Å². The van der Waals surface area contributed by atoms with Crippen LogP contribution in [0.4, 0.5) is 0 Å². The molecule has 0 amide bonds. The molecule has 1 N–H and O–H groups in total. The molecule has 0 saturated carbocycles. The van der Waals surface area contributed by atoms with Crippen molar-refractivity contribution in [2.45, 2.75) is 0 Å². The summed E-state index contributed by atoms with van der Waals surface area (Å²) in [5, 5.41) is 9.07. The monoisotopic (exact) mass is 220 g/mol. The van der Waals surface area contributed by atoms with Crippen LogP contribution in [0.25, 0.3) is 22.4 Å². The van der Waals surface area contributed by atoms with Crippen LogP contribution >= 0.6 is 0 Å². The first-order valence-electron chi connectivity index (χ1n) is 5.19. The number of aromatic amines is 1. The summed E-state index contributed by atoms with van der Waals surface area (Å²) in [5.41, 5.74) is 2.73. The highest BCUT2D eigenvalue weighted by Gasteiger charge is 2.09. The van der Waals surface area contributed by atoms with Gasteiger partial charge in [0.05, 0.1) is 5.52 Å². The third-order valence-corrected chi connectivity index (χ3v) is 2.54. The van der Waals surface area contributed by atoms with Crippen LogP contribution in [0.3, 0.4) is 0 Å². The van der Waals surface area contributed by atoms with Crippen LogP contribution in [0.1, 0.15) is 5.69 Å². The molecule has 0 atom stereocenters. The molecule has 0 saturated heterocycles. The Morgan fingerprint density at radius 2 is 1.88 bits per heavy atom. The Labute approximate surface area is 97.6 Å². The highest BCUT2D eigenvalue weighted by atomic mass is 14.9. The lowest BCUT2D eigenvalue weighted by Gasteiger charge is -2.01. The lowest BCUT2D eigenvalue weighted by Crippen LogP contribution is -1.93. The third kappa shape index (κ3) is 1.54. The van der Waals surface area contributed by atoms with Gasteiger partial charge in [0.2, 0.25) is 0 Å². The fourth-order valence-electron chi connectivity index (χ4n) is 1.74. The summed E-state index contributed by atoms with van der Waals surface area (Å²) < 4.78 is 0. The van der Waals surface area contributed by atoms with Crippen LogP contribution < -0.4 is 0 Å². The molecular weight excluding hydrogens is 212 g/mol. The molecular formula is C13H8N4. The first-order valence-corrected chi connectivity index (χ1v) is 5.19. The van der Waals surface area contributed by atoms with E-state index in [0.717, 1.165) is 11.1 Å². The maximum atomic E-state index is 9.07. The van der Waals surface area contributed by atoms with Crippen LogP contribution in [0.2, 0.25) is 0 Å². The quantitative estimate of drug-likeness (QED) is 0.685. The zero-order valence-electron chi connectivity index (χ0n) is 8.88. The lowest BCUT2D eigenvalue weighted by molar-refractivity contribution is 1.19. The van der Waals surface area contributed by atoms with Gasteiger partial charge in [-0.05, 0) is 6.07 Å². The summed E-state index contributed by atoms with van der Waals surface area (Å²) in [4.78, 5) is 11.6. The highest BCUT2D eigenvalue weighted by Crippen LogP contribution is 2.19.